The van der Waals surface area contributed by atoms with Crippen molar-refractivity contribution in [3.63, 3.8) is 0 Å². The molecule has 150 valence electrons. The summed E-state index contributed by atoms with van der Waals surface area (Å²) in [5.74, 6) is 1.05. The summed E-state index contributed by atoms with van der Waals surface area (Å²) in [5.41, 5.74) is 7.24. The third-order valence-electron chi connectivity index (χ3n) is 5.61. The first kappa shape index (κ1) is 18.4. The molecule has 2 aromatic carbocycles. The number of aryl methyl sites for hydroxylation is 3. The minimum atomic E-state index is 0.0557. The summed E-state index contributed by atoms with van der Waals surface area (Å²) in [6.07, 6.45) is 4.05. The number of carbonyl (C=O) groups excluding carboxylic acids is 1. The molecule has 0 saturated carbocycles. The molecule has 30 heavy (non-hydrogen) atoms. The Kier molecular flexibility index (Phi) is 4.31. The van der Waals surface area contributed by atoms with Gasteiger partial charge >= 0.3 is 0 Å². The van der Waals surface area contributed by atoms with E-state index in [0.29, 0.717) is 13.1 Å². The first-order valence-corrected chi connectivity index (χ1v) is 10.2. The van der Waals surface area contributed by atoms with E-state index in [0.717, 1.165) is 39.5 Å². The highest BCUT2D eigenvalue weighted by molar-refractivity contribution is 5.95. The van der Waals surface area contributed by atoms with Crippen molar-refractivity contribution >= 4 is 5.91 Å². The van der Waals surface area contributed by atoms with Crippen LogP contribution in [0.2, 0.25) is 0 Å². The van der Waals surface area contributed by atoms with Crippen LogP contribution < -0.4 is 0 Å². The lowest BCUT2D eigenvalue weighted by molar-refractivity contribution is 0.0749. The van der Waals surface area contributed by atoms with E-state index in [4.69, 9.17) is 5.10 Å². The molecule has 0 aliphatic carbocycles. The zero-order valence-electron chi connectivity index (χ0n) is 17.5. The molecular formula is C25H24N4O. The maximum Gasteiger partial charge on any atom is 0.254 e. The lowest BCUT2D eigenvalue weighted by atomic mass is 10.1. The van der Waals surface area contributed by atoms with Gasteiger partial charge in [0.2, 0.25) is 0 Å². The fraction of sp³-hybridized carbons (Fsp3) is 0.200. The number of nitrogens with zero attached hydrogens (tertiary/aromatic N) is 4. The Morgan fingerprint density at radius 3 is 2.20 bits per heavy atom. The van der Waals surface area contributed by atoms with Gasteiger partial charge in [0.15, 0.2) is 0 Å². The molecule has 1 amide bonds. The van der Waals surface area contributed by atoms with Crippen LogP contribution >= 0.6 is 0 Å². The molecule has 0 bridgehead atoms. The normalized spacial score (nSPS) is 13.0. The number of hydrogen-bond donors (Lipinski definition) is 0. The highest BCUT2D eigenvalue weighted by Crippen LogP contribution is 2.31. The van der Waals surface area contributed by atoms with Crippen LogP contribution in [0, 0.1) is 20.8 Å². The first-order chi connectivity index (χ1) is 14.5. The standard InChI is InChI=1S/C25H24N4O/c1-17-6-8-21(9-7-17)29-24(27-10-4-5-11-27)22-15-28(16-23(22)26-29)25(30)20-13-18(2)12-19(3)14-20/h4-14H,15-16H2,1-3H3. The predicted octanol–water partition coefficient (Wildman–Crippen LogP) is 4.74. The van der Waals surface area contributed by atoms with Crippen molar-refractivity contribution in [1.82, 2.24) is 19.2 Å². The highest BCUT2D eigenvalue weighted by atomic mass is 16.2. The van der Waals surface area contributed by atoms with E-state index >= 15 is 0 Å². The lowest BCUT2D eigenvalue weighted by Crippen LogP contribution is -2.26. The molecular weight excluding hydrogens is 372 g/mol. The van der Waals surface area contributed by atoms with Gasteiger partial charge in [0.1, 0.15) is 5.82 Å². The number of aromatic nitrogens is 3. The monoisotopic (exact) mass is 396 g/mol. The van der Waals surface area contributed by atoms with Crippen molar-refractivity contribution in [1.29, 1.82) is 0 Å². The molecule has 0 fully saturated rings. The first-order valence-electron chi connectivity index (χ1n) is 10.2. The summed E-state index contributed by atoms with van der Waals surface area (Å²) >= 11 is 0. The number of hydrogen-bond acceptors (Lipinski definition) is 2. The minimum Gasteiger partial charge on any atom is -0.328 e. The largest absolute Gasteiger partial charge is 0.328 e. The Hall–Kier alpha value is -3.60. The third-order valence-corrected chi connectivity index (χ3v) is 5.61. The van der Waals surface area contributed by atoms with Gasteiger partial charge in [-0.25, -0.2) is 4.68 Å². The average molecular weight is 396 g/mol. The van der Waals surface area contributed by atoms with E-state index in [-0.39, 0.29) is 5.91 Å². The number of fused-ring (bicyclic) bond motifs is 1. The van der Waals surface area contributed by atoms with Gasteiger partial charge in [-0.3, -0.25) is 4.79 Å². The zero-order valence-corrected chi connectivity index (χ0v) is 17.5. The molecule has 5 rings (SSSR count). The topological polar surface area (TPSA) is 43.1 Å². The summed E-state index contributed by atoms with van der Waals surface area (Å²) in [6, 6.07) is 18.4. The Balaban J connectivity index is 1.54. The molecule has 0 N–H and O–H groups in total. The molecule has 0 unspecified atom stereocenters. The van der Waals surface area contributed by atoms with Crippen LogP contribution in [0.5, 0.6) is 0 Å². The van der Waals surface area contributed by atoms with E-state index in [9.17, 15) is 4.79 Å². The van der Waals surface area contributed by atoms with E-state index in [1.54, 1.807) is 0 Å². The fourth-order valence-corrected chi connectivity index (χ4v) is 4.23. The van der Waals surface area contributed by atoms with Crippen LogP contribution in [-0.2, 0) is 13.1 Å². The highest BCUT2D eigenvalue weighted by Gasteiger charge is 2.32. The molecule has 1 aliphatic heterocycles. The third kappa shape index (κ3) is 3.12. The molecule has 2 aromatic heterocycles. The Morgan fingerprint density at radius 1 is 0.867 bits per heavy atom. The summed E-state index contributed by atoms with van der Waals surface area (Å²) < 4.78 is 4.07. The van der Waals surface area contributed by atoms with E-state index in [1.807, 2.05) is 60.1 Å². The van der Waals surface area contributed by atoms with Gasteiger partial charge in [0.25, 0.3) is 5.91 Å². The van der Waals surface area contributed by atoms with Gasteiger partial charge in [0.05, 0.1) is 24.5 Å². The van der Waals surface area contributed by atoms with E-state index in [1.165, 1.54) is 5.56 Å². The van der Waals surface area contributed by atoms with Crippen molar-refractivity contribution in [3.05, 3.63) is 101 Å². The van der Waals surface area contributed by atoms with Crippen LogP contribution in [0.25, 0.3) is 11.5 Å². The summed E-state index contributed by atoms with van der Waals surface area (Å²) in [7, 11) is 0. The fourth-order valence-electron chi connectivity index (χ4n) is 4.23. The SMILES string of the molecule is Cc1ccc(-n2nc3c(c2-n2cccc2)CN(C(=O)c2cc(C)cc(C)c2)C3)cc1. The van der Waals surface area contributed by atoms with Gasteiger partial charge in [0, 0.05) is 23.5 Å². The van der Waals surface area contributed by atoms with Gasteiger partial charge in [-0.05, 0) is 57.2 Å². The molecule has 0 saturated heterocycles. The van der Waals surface area contributed by atoms with Crippen molar-refractivity contribution in [2.45, 2.75) is 33.9 Å². The van der Waals surface area contributed by atoms with Gasteiger partial charge in [-0.2, -0.15) is 5.10 Å². The van der Waals surface area contributed by atoms with Crippen molar-refractivity contribution in [2.75, 3.05) is 0 Å². The summed E-state index contributed by atoms with van der Waals surface area (Å²) in [5, 5.41) is 4.91. The Labute approximate surface area is 176 Å². The molecule has 5 heteroatoms. The number of benzene rings is 2. The molecule has 5 nitrogen and oxygen atoms in total. The smallest absolute Gasteiger partial charge is 0.254 e. The molecule has 1 aliphatic rings. The van der Waals surface area contributed by atoms with Gasteiger partial charge in [-0.15, -0.1) is 0 Å². The Morgan fingerprint density at radius 2 is 1.53 bits per heavy atom. The van der Waals surface area contributed by atoms with Crippen LogP contribution in [-0.4, -0.2) is 25.2 Å². The van der Waals surface area contributed by atoms with Crippen molar-refractivity contribution in [2.24, 2.45) is 0 Å². The van der Waals surface area contributed by atoms with Crippen LogP contribution in [0.1, 0.15) is 38.3 Å². The quantitative estimate of drug-likeness (QED) is 0.502. The van der Waals surface area contributed by atoms with Crippen LogP contribution in [0.4, 0.5) is 0 Å². The second-order valence-electron chi connectivity index (χ2n) is 8.12. The minimum absolute atomic E-state index is 0.0557. The van der Waals surface area contributed by atoms with E-state index < -0.39 is 0 Å². The number of rotatable bonds is 3. The maximum atomic E-state index is 13.2. The second kappa shape index (κ2) is 7.02. The number of carbonyl (C=O) groups is 1. The lowest BCUT2D eigenvalue weighted by Gasteiger charge is -2.18. The van der Waals surface area contributed by atoms with Crippen molar-refractivity contribution in [3.8, 4) is 11.5 Å². The molecule has 0 spiro atoms. The van der Waals surface area contributed by atoms with Crippen LogP contribution in [0.15, 0.2) is 67.0 Å². The molecule has 0 atom stereocenters. The van der Waals surface area contributed by atoms with Crippen molar-refractivity contribution < 1.29 is 4.79 Å². The summed E-state index contributed by atoms with van der Waals surface area (Å²) in [4.78, 5) is 15.1. The average Bonchev–Trinajstić information content (AvgIpc) is 3.43. The summed E-state index contributed by atoms with van der Waals surface area (Å²) in [6.45, 7) is 7.21. The molecule has 4 aromatic rings. The Bertz CT molecular complexity index is 1210. The second-order valence-corrected chi connectivity index (χ2v) is 8.12. The predicted molar refractivity (Wildman–Crippen MR) is 117 cm³/mol. The maximum absolute atomic E-state index is 13.2. The van der Waals surface area contributed by atoms with Gasteiger partial charge < -0.3 is 9.47 Å². The molecule has 0 radical (unpaired) electrons. The van der Waals surface area contributed by atoms with Gasteiger partial charge in [-0.1, -0.05) is 34.9 Å². The zero-order chi connectivity index (χ0) is 20.8. The molecule has 3 heterocycles. The van der Waals surface area contributed by atoms with Crippen LogP contribution in [0.3, 0.4) is 0 Å². The number of amides is 1. The van der Waals surface area contributed by atoms with E-state index in [2.05, 4.69) is 41.8 Å².